The minimum atomic E-state index is 0.198. The quantitative estimate of drug-likeness (QED) is 0.917. The number of piperidine rings is 1. The molecule has 1 spiro atoms. The summed E-state index contributed by atoms with van der Waals surface area (Å²) in [6, 6.07) is 8.51. The van der Waals surface area contributed by atoms with Crippen molar-refractivity contribution in [3.05, 3.63) is 36.0 Å². The SMILES string of the molecule is COCC1CN(C(C)=O)CC12CCN(Cc1c[nH]c3ccccc13)CC2. The van der Waals surface area contributed by atoms with Gasteiger partial charge >= 0.3 is 0 Å². The van der Waals surface area contributed by atoms with Crippen molar-refractivity contribution in [3.63, 3.8) is 0 Å². The Morgan fingerprint density at radius 3 is 2.81 bits per heavy atom. The monoisotopic (exact) mass is 355 g/mol. The molecule has 1 aromatic carbocycles. The van der Waals surface area contributed by atoms with Gasteiger partial charge in [0, 0.05) is 56.7 Å². The number of aromatic nitrogens is 1. The third kappa shape index (κ3) is 3.14. The number of nitrogens with one attached hydrogen (secondary N) is 1. The second-order valence-electron chi connectivity index (χ2n) is 8.05. The number of fused-ring (bicyclic) bond motifs is 1. The highest BCUT2D eigenvalue weighted by Gasteiger charge is 2.48. The van der Waals surface area contributed by atoms with E-state index >= 15 is 0 Å². The highest BCUT2D eigenvalue weighted by molar-refractivity contribution is 5.82. The van der Waals surface area contributed by atoms with E-state index in [-0.39, 0.29) is 11.3 Å². The van der Waals surface area contributed by atoms with Crippen LogP contribution in [0.1, 0.15) is 25.3 Å². The predicted octanol–water partition coefficient (Wildman–Crippen LogP) is 2.87. The van der Waals surface area contributed by atoms with Crippen LogP contribution in [0.5, 0.6) is 0 Å². The van der Waals surface area contributed by atoms with Gasteiger partial charge in [-0.15, -0.1) is 0 Å². The fourth-order valence-electron chi connectivity index (χ4n) is 4.93. The third-order valence-corrected chi connectivity index (χ3v) is 6.55. The van der Waals surface area contributed by atoms with E-state index in [1.165, 1.54) is 16.5 Å². The first-order valence-electron chi connectivity index (χ1n) is 9.63. The summed E-state index contributed by atoms with van der Waals surface area (Å²) in [5.74, 6) is 0.663. The molecule has 1 aromatic heterocycles. The third-order valence-electron chi connectivity index (χ3n) is 6.55. The number of aromatic amines is 1. The van der Waals surface area contributed by atoms with Crippen molar-refractivity contribution in [1.82, 2.24) is 14.8 Å². The van der Waals surface area contributed by atoms with Crippen LogP contribution in [-0.4, -0.2) is 60.6 Å². The number of methoxy groups -OCH3 is 1. The van der Waals surface area contributed by atoms with E-state index in [2.05, 4.69) is 40.3 Å². The van der Waals surface area contributed by atoms with Crippen LogP contribution in [0.3, 0.4) is 0 Å². The van der Waals surface area contributed by atoms with Crippen LogP contribution in [0, 0.1) is 11.3 Å². The zero-order valence-electron chi connectivity index (χ0n) is 15.8. The second-order valence-corrected chi connectivity index (χ2v) is 8.05. The minimum absolute atomic E-state index is 0.198. The van der Waals surface area contributed by atoms with Crippen LogP contribution in [0.25, 0.3) is 10.9 Å². The number of amides is 1. The summed E-state index contributed by atoms with van der Waals surface area (Å²) in [6.45, 7) is 7.37. The largest absolute Gasteiger partial charge is 0.384 e. The highest BCUT2D eigenvalue weighted by Crippen LogP contribution is 2.45. The molecular formula is C21H29N3O2. The molecule has 2 saturated heterocycles. The molecule has 0 radical (unpaired) electrons. The number of carbonyl (C=O) groups excluding carboxylic acids is 1. The summed E-state index contributed by atoms with van der Waals surface area (Å²) in [4.78, 5) is 19.9. The maximum atomic E-state index is 11.9. The molecule has 5 nitrogen and oxygen atoms in total. The van der Waals surface area contributed by atoms with Gasteiger partial charge < -0.3 is 14.6 Å². The number of hydrogen-bond acceptors (Lipinski definition) is 3. The van der Waals surface area contributed by atoms with E-state index in [9.17, 15) is 4.79 Å². The van der Waals surface area contributed by atoms with Crippen molar-refractivity contribution in [3.8, 4) is 0 Å². The smallest absolute Gasteiger partial charge is 0.219 e. The van der Waals surface area contributed by atoms with Crippen molar-refractivity contribution in [2.24, 2.45) is 11.3 Å². The number of carbonyl (C=O) groups is 1. The van der Waals surface area contributed by atoms with Crippen LogP contribution < -0.4 is 0 Å². The van der Waals surface area contributed by atoms with Gasteiger partial charge in [0.25, 0.3) is 0 Å². The molecule has 4 rings (SSSR count). The molecule has 140 valence electrons. The Balaban J connectivity index is 1.43. The molecule has 1 atom stereocenters. The number of ether oxygens (including phenoxy) is 1. The topological polar surface area (TPSA) is 48.6 Å². The Hall–Kier alpha value is -1.85. The molecule has 1 N–H and O–H groups in total. The van der Waals surface area contributed by atoms with Crippen LogP contribution >= 0.6 is 0 Å². The van der Waals surface area contributed by atoms with Gasteiger partial charge in [-0.2, -0.15) is 0 Å². The Morgan fingerprint density at radius 2 is 2.08 bits per heavy atom. The molecule has 3 heterocycles. The van der Waals surface area contributed by atoms with Gasteiger partial charge in [-0.3, -0.25) is 9.69 Å². The number of likely N-dealkylation sites (tertiary alicyclic amines) is 2. The van der Waals surface area contributed by atoms with E-state index in [1.54, 1.807) is 14.0 Å². The van der Waals surface area contributed by atoms with Crippen LogP contribution in [0.15, 0.2) is 30.5 Å². The lowest BCUT2D eigenvalue weighted by Gasteiger charge is -2.42. The Labute approximate surface area is 155 Å². The summed E-state index contributed by atoms with van der Waals surface area (Å²) in [5.41, 5.74) is 2.82. The van der Waals surface area contributed by atoms with Crippen molar-refractivity contribution in [1.29, 1.82) is 0 Å². The van der Waals surface area contributed by atoms with Crippen LogP contribution in [-0.2, 0) is 16.1 Å². The molecule has 5 heteroatoms. The van der Waals surface area contributed by atoms with Crippen molar-refractivity contribution < 1.29 is 9.53 Å². The van der Waals surface area contributed by atoms with Crippen LogP contribution in [0.2, 0.25) is 0 Å². The van der Waals surface area contributed by atoms with Gasteiger partial charge in [0.1, 0.15) is 0 Å². The molecule has 26 heavy (non-hydrogen) atoms. The zero-order chi connectivity index (χ0) is 18.1. The fourth-order valence-corrected chi connectivity index (χ4v) is 4.93. The van der Waals surface area contributed by atoms with E-state index < -0.39 is 0 Å². The standard InChI is InChI=1S/C21H29N3O2/c1-16(25)24-13-18(14-26-2)21(15-24)7-9-23(10-8-21)12-17-11-22-20-6-4-3-5-19(17)20/h3-6,11,18,22H,7-10,12-15H2,1-2H3. The zero-order valence-corrected chi connectivity index (χ0v) is 15.8. The molecule has 2 fully saturated rings. The minimum Gasteiger partial charge on any atom is -0.384 e. The average molecular weight is 355 g/mol. The lowest BCUT2D eigenvalue weighted by atomic mass is 9.71. The summed E-state index contributed by atoms with van der Waals surface area (Å²) < 4.78 is 5.49. The molecule has 1 unspecified atom stereocenters. The molecule has 2 aliphatic rings. The Bertz CT molecular complexity index is 776. The van der Waals surface area contributed by atoms with E-state index in [1.807, 2.05) is 4.90 Å². The average Bonchev–Trinajstić information content (AvgIpc) is 3.20. The number of para-hydroxylation sites is 1. The lowest BCUT2D eigenvalue weighted by Crippen LogP contribution is -2.45. The first-order valence-corrected chi connectivity index (χ1v) is 9.63. The Kier molecular flexibility index (Phi) is 4.76. The van der Waals surface area contributed by atoms with E-state index in [0.29, 0.717) is 5.92 Å². The second kappa shape index (κ2) is 7.05. The molecule has 2 aliphatic heterocycles. The van der Waals surface area contributed by atoms with Crippen LogP contribution in [0.4, 0.5) is 0 Å². The molecule has 0 saturated carbocycles. The maximum absolute atomic E-state index is 11.9. The molecule has 1 amide bonds. The van der Waals surface area contributed by atoms with Crippen molar-refractivity contribution in [2.75, 3.05) is 39.9 Å². The van der Waals surface area contributed by atoms with Crippen molar-refractivity contribution >= 4 is 16.8 Å². The van der Waals surface area contributed by atoms with Gasteiger partial charge in [0.15, 0.2) is 0 Å². The number of hydrogen-bond donors (Lipinski definition) is 1. The lowest BCUT2D eigenvalue weighted by molar-refractivity contribution is -0.128. The molecule has 2 aromatic rings. The van der Waals surface area contributed by atoms with Gasteiger partial charge in [0.2, 0.25) is 5.91 Å². The van der Waals surface area contributed by atoms with E-state index in [4.69, 9.17) is 4.74 Å². The molecule has 0 aliphatic carbocycles. The molecular weight excluding hydrogens is 326 g/mol. The normalized spacial score (nSPS) is 23.2. The van der Waals surface area contributed by atoms with Gasteiger partial charge in [-0.25, -0.2) is 0 Å². The summed E-state index contributed by atoms with van der Waals surface area (Å²) in [7, 11) is 1.77. The summed E-state index contributed by atoms with van der Waals surface area (Å²) in [5, 5.41) is 1.33. The number of nitrogens with zero attached hydrogens (tertiary/aromatic N) is 2. The van der Waals surface area contributed by atoms with Gasteiger partial charge in [0.05, 0.1) is 6.61 Å². The maximum Gasteiger partial charge on any atom is 0.219 e. The summed E-state index contributed by atoms with van der Waals surface area (Å²) in [6.07, 6.45) is 4.44. The number of benzene rings is 1. The van der Waals surface area contributed by atoms with Crippen molar-refractivity contribution in [2.45, 2.75) is 26.3 Å². The first kappa shape index (κ1) is 17.6. The molecule has 0 bridgehead atoms. The highest BCUT2D eigenvalue weighted by atomic mass is 16.5. The van der Waals surface area contributed by atoms with Gasteiger partial charge in [-0.1, -0.05) is 18.2 Å². The van der Waals surface area contributed by atoms with Gasteiger partial charge in [-0.05, 0) is 43.0 Å². The number of H-pyrrole nitrogens is 1. The predicted molar refractivity (Wildman–Crippen MR) is 103 cm³/mol. The van der Waals surface area contributed by atoms with E-state index in [0.717, 1.165) is 52.2 Å². The Morgan fingerprint density at radius 1 is 1.31 bits per heavy atom. The number of rotatable bonds is 4. The summed E-state index contributed by atoms with van der Waals surface area (Å²) >= 11 is 0. The fraction of sp³-hybridized carbons (Fsp3) is 0.571. The first-order chi connectivity index (χ1) is 12.6.